The van der Waals surface area contributed by atoms with E-state index in [4.69, 9.17) is 11.6 Å². The van der Waals surface area contributed by atoms with Crippen LogP contribution in [0.15, 0.2) is 24.5 Å². The van der Waals surface area contributed by atoms with Crippen LogP contribution in [0.25, 0.3) is 11.3 Å². The lowest BCUT2D eigenvalue weighted by molar-refractivity contribution is 0.619. The van der Waals surface area contributed by atoms with E-state index in [1.165, 1.54) is 17.1 Å². The molecular weight excluding hydrogens is 195 g/mol. The average Bonchev–Trinajstić information content (AvgIpc) is 2.53. The highest BCUT2D eigenvalue weighted by atomic mass is 19.1. The molecule has 1 aromatic heterocycles. The molecule has 1 heterocycles. The van der Waals surface area contributed by atoms with Gasteiger partial charge in [-0.05, 0) is 18.6 Å². The van der Waals surface area contributed by atoms with E-state index in [0.717, 1.165) is 0 Å². The molecule has 0 aliphatic rings. The Bertz CT molecular complexity index is 504. The van der Waals surface area contributed by atoms with Crippen LogP contribution in [0.1, 0.15) is 5.56 Å². The van der Waals surface area contributed by atoms with Crippen molar-refractivity contribution in [3.8, 4) is 11.3 Å². The minimum atomic E-state index is -0.279. The van der Waals surface area contributed by atoms with Gasteiger partial charge < -0.3 is 11.6 Å². The van der Waals surface area contributed by atoms with Crippen LogP contribution in [-0.2, 0) is 0 Å². The molecule has 2 rings (SSSR count). The van der Waals surface area contributed by atoms with Gasteiger partial charge in [0.25, 0.3) is 0 Å². The van der Waals surface area contributed by atoms with Crippen molar-refractivity contribution in [2.45, 2.75) is 6.92 Å². The van der Waals surface area contributed by atoms with E-state index in [0.29, 0.717) is 22.6 Å². The Labute approximate surface area is 86.3 Å². The highest BCUT2D eigenvalue weighted by Gasteiger charge is 2.09. The molecule has 4 N–H and O–H groups in total. The van der Waals surface area contributed by atoms with Gasteiger partial charge in [0.2, 0.25) is 0 Å². The third-order valence-corrected chi connectivity index (χ3v) is 2.28. The molecule has 4 nitrogen and oxygen atoms in total. The fraction of sp³-hybridized carbons (Fsp3) is 0.100. The van der Waals surface area contributed by atoms with Crippen LogP contribution in [0.3, 0.4) is 0 Å². The molecule has 0 unspecified atom stereocenters. The minimum Gasteiger partial charge on any atom is -0.382 e. The lowest BCUT2D eigenvalue weighted by atomic mass is 10.1. The van der Waals surface area contributed by atoms with Crippen molar-refractivity contribution in [2.75, 3.05) is 11.6 Å². The van der Waals surface area contributed by atoms with E-state index in [2.05, 4.69) is 4.98 Å². The molecule has 5 heteroatoms. The summed E-state index contributed by atoms with van der Waals surface area (Å²) in [7, 11) is 0. The highest BCUT2D eigenvalue weighted by Crippen LogP contribution is 2.24. The van der Waals surface area contributed by atoms with Gasteiger partial charge in [-0.1, -0.05) is 12.1 Å². The number of aryl methyl sites for hydroxylation is 1. The molecular formula is C10H11FN4. The third kappa shape index (κ3) is 1.52. The van der Waals surface area contributed by atoms with Gasteiger partial charge >= 0.3 is 0 Å². The normalized spacial score (nSPS) is 10.5. The molecule has 0 aliphatic heterocycles. The van der Waals surface area contributed by atoms with Gasteiger partial charge in [0.05, 0.1) is 0 Å². The quantitative estimate of drug-likeness (QED) is 0.691. The second-order valence-corrected chi connectivity index (χ2v) is 3.35. The highest BCUT2D eigenvalue weighted by molar-refractivity contribution is 5.70. The number of hydrogen-bond acceptors (Lipinski definition) is 3. The van der Waals surface area contributed by atoms with Crippen LogP contribution in [0, 0.1) is 12.7 Å². The van der Waals surface area contributed by atoms with E-state index in [1.807, 2.05) is 0 Å². The maximum Gasteiger partial charge on any atom is 0.150 e. The van der Waals surface area contributed by atoms with E-state index in [1.54, 1.807) is 19.1 Å². The Hall–Kier alpha value is -2.04. The van der Waals surface area contributed by atoms with E-state index < -0.39 is 0 Å². The van der Waals surface area contributed by atoms with Gasteiger partial charge in [-0.3, -0.25) is 0 Å². The van der Waals surface area contributed by atoms with Crippen LogP contribution in [0.2, 0.25) is 0 Å². The minimum absolute atomic E-state index is 0.279. The molecule has 15 heavy (non-hydrogen) atoms. The van der Waals surface area contributed by atoms with Crippen LogP contribution in [-0.4, -0.2) is 9.66 Å². The summed E-state index contributed by atoms with van der Waals surface area (Å²) in [5.41, 5.74) is 7.38. The zero-order valence-electron chi connectivity index (χ0n) is 8.24. The first-order valence-electron chi connectivity index (χ1n) is 4.44. The first kappa shape index (κ1) is 9.51. The van der Waals surface area contributed by atoms with Crippen LogP contribution in [0.4, 0.5) is 10.2 Å². The molecule has 0 saturated heterocycles. The fourth-order valence-corrected chi connectivity index (χ4v) is 1.33. The van der Waals surface area contributed by atoms with Gasteiger partial charge in [0.15, 0.2) is 0 Å². The number of rotatable bonds is 1. The largest absolute Gasteiger partial charge is 0.382 e. The SMILES string of the molecule is Cc1ccc(-c2ncn(N)c2N)cc1F. The number of nitrogens with zero attached hydrogens (tertiary/aromatic N) is 2. The number of nitrogens with two attached hydrogens (primary N) is 2. The van der Waals surface area contributed by atoms with E-state index >= 15 is 0 Å². The van der Waals surface area contributed by atoms with Crippen molar-refractivity contribution in [1.82, 2.24) is 9.66 Å². The zero-order valence-corrected chi connectivity index (χ0v) is 8.24. The Morgan fingerprint density at radius 2 is 2.13 bits per heavy atom. The lowest BCUT2D eigenvalue weighted by Crippen LogP contribution is -2.10. The number of benzene rings is 1. The van der Waals surface area contributed by atoms with Crippen molar-refractivity contribution >= 4 is 5.82 Å². The number of hydrogen-bond donors (Lipinski definition) is 2. The molecule has 2 aromatic rings. The number of aromatic nitrogens is 2. The molecule has 0 aliphatic carbocycles. The van der Waals surface area contributed by atoms with Crippen molar-refractivity contribution < 1.29 is 4.39 Å². The summed E-state index contributed by atoms with van der Waals surface area (Å²) in [6, 6.07) is 4.84. The predicted molar refractivity (Wildman–Crippen MR) is 56.9 cm³/mol. The summed E-state index contributed by atoms with van der Waals surface area (Å²) >= 11 is 0. The van der Waals surface area contributed by atoms with Gasteiger partial charge in [-0.15, -0.1) is 0 Å². The summed E-state index contributed by atoms with van der Waals surface area (Å²) in [6.45, 7) is 1.70. The number of halogens is 1. The van der Waals surface area contributed by atoms with E-state index in [-0.39, 0.29) is 5.82 Å². The Morgan fingerprint density at radius 3 is 2.67 bits per heavy atom. The molecule has 0 atom stereocenters. The Kier molecular flexibility index (Phi) is 2.07. The molecule has 78 valence electrons. The first-order valence-corrected chi connectivity index (χ1v) is 4.44. The molecule has 0 spiro atoms. The van der Waals surface area contributed by atoms with Gasteiger partial charge in [0.1, 0.15) is 23.7 Å². The summed E-state index contributed by atoms with van der Waals surface area (Å²) in [6.07, 6.45) is 1.39. The molecule has 0 amide bonds. The number of nitrogen functional groups attached to an aromatic ring is 2. The first-order chi connectivity index (χ1) is 7.09. The summed E-state index contributed by atoms with van der Waals surface area (Å²) in [5.74, 6) is 5.52. The third-order valence-electron chi connectivity index (χ3n) is 2.28. The number of anilines is 1. The lowest BCUT2D eigenvalue weighted by Gasteiger charge is -2.02. The molecule has 0 bridgehead atoms. The summed E-state index contributed by atoms with van der Waals surface area (Å²) in [5, 5.41) is 0. The number of imidazole rings is 1. The topological polar surface area (TPSA) is 69.9 Å². The standard InChI is InChI=1S/C10H11FN4/c1-6-2-3-7(4-8(6)11)9-10(12)15(13)5-14-9/h2-5H,12-13H2,1H3. The monoisotopic (exact) mass is 206 g/mol. The van der Waals surface area contributed by atoms with Crippen molar-refractivity contribution in [2.24, 2.45) is 0 Å². The second kappa shape index (κ2) is 3.27. The molecule has 1 aromatic carbocycles. The van der Waals surface area contributed by atoms with Crippen LogP contribution in [0.5, 0.6) is 0 Å². The Morgan fingerprint density at radius 1 is 1.40 bits per heavy atom. The van der Waals surface area contributed by atoms with Crippen molar-refractivity contribution in [1.29, 1.82) is 0 Å². The maximum atomic E-state index is 13.3. The molecule has 0 saturated carbocycles. The fourth-order valence-electron chi connectivity index (χ4n) is 1.33. The van der Waals surface area contributed by atoms with Crippen LogP contribution >= 0.6 is 0 Å². The van der Waals surface area contributed by atoms with Crippen LogP contribution < -0.4 is 11.6 Å². The van der Waals surface area contributed by atoms with Crippen molar-refractivity contribution in [3.63, 3.8) is 0 Å². The average molecular weight is 206 g/mol. The molecule has 0 fully saturated rings. The second-order valence-electron chi connectivity index (χ2n) is 3.35. The van der Waals surface area contributed by atoms with E-state index in [9.17, 15) is 4.39 Å². The smallest absolute Gasteiger partial charge is 0.150 e. The maximum absolute atomic E-state index is 13.3. The predicted octanol–water partition coefficient (Wildman–Crippen LogP) is 1.29. The summed E-state index contributed by atoms with van der Waals surface area (Å²) in [4.78, 5) is 4.00. The van der Waals surface area contributed by atoms with Gasteiger partial charge in [-0.2, -0.15) is 0 Å². The zero-order chi connectivity index (χ0) is 11.0. The van der Waals surface area contributed by atoms with Gasteiger partial charge in [-0.25, -0.2) is 14.1 Å². The Balaban J connectivity index is 2.55. The molecule has 0 radical (unpaired) electrons. The summed E-state index contributed by atoms with van der Waals surface area (Å²) < 4.78 is 14.5. The van der Waals surface area contributed by atoms with Crippen molar-refractivity contribution in [3.05, 3.63) is 35.9 Å². The van der Waals surface area contributed by atoms with Gasteiger partial charge in [0, 0.05) is 5.56 Å².